The third-order valence-electron chi connectivity index (χ3n) is 1.53. The van der Waals surface area contributed by atoms with Gasteiger partial charge >= 0.3 is 0 Å². The molecule has 0 spiro atoms. The first-order chi connectivity index (χ1) is 5.22. The molecule has 0 atom stereocenters. The minimum Gasteiger partial charge on any atom is -0.288 e. The van der Waals surface area contributed by atoms with Gasteiger partial charge in [-0.1, -0.05) is 18.5 Å². The van der Waals surface area contributed by atoms with E-state index in [2.05, 4.69) is 16.9 Å². The Bertz CT molecular complexity index is 221. The van der Waals surface area contributed by atoms with Crippen molar-refractivity contribution in [1.82, 2.24) is 14.7 Å². The normalized spacial score (nSPS) is 10.9. The van der Waals surface area contributed by atoms with Gasteiger partial charge in [0.2, 0.25) is 0 Å². The highest BCUT2D eigenvalue weighted by atomic mass is 35.5. The molecule has 0 fully saturated rings. The first-order valence-electron chi connectivity index (χ1n) is 3.59. The van der Waals surface area contributed by atoms with Crippen LogP contribution in [0.5, 0.6) is 0 Å². The Morgan fingerprint density at radius 2 is 2.45 bits per heavy atom. The van der Waals surface area contributed by atoms with Crippen LogP contribution in [0.2, 0.25) is 5.02 Å². The standard InChI is InChI=1S/C7H12ClN3/c1-3-10(2)6-11-5-7(8)4-9-11/h4-5H,3,6H2,1-2H3. The average Bonchev–Trinajstić information content (AvgIpc) is 2.35. The molecule has 0 bridgehead atoms. The van der Waals surface area contributed by atoms with Crippen LogP contribution in [0.4, 0.5) is 0 Å². The van der Waals surface area contributed by atoms with Crippen LogP contribution in [-0.2, 0) is 6.67 Å². The molecule has 1 rings (SSSR count). The zero-order valence-corrected chi connectivity index (χ0v) is 7.54. The van der Waals surface area contributed by atoms with Crippen LogP contribution in [0.25, 0.3) is 0 Å². The monoisotopic (exact) mass is 173 g/mol. The van der Waals surface area contributed by atoms with Crippen LogP contribution < -0.4 is 0 Å². The number of halogens is 1. The maximum atomic E-state index is 5.69. The highest BCUT2D eigenvalue weighted by molar-refractivity contribution is 6.30. The fraction of sp³-hybridized carbons (Fsp3) is 0.571. The molecule has 0 amide bonds. The minimum absolute atomic E-state index is 0.689. The molecule has 0 N–H and O–H groups in total. The quantitative estimate of drug-likeness (QED) is 0.690. The van der Waals surface area contributed by atoms with Crippen molar-refractivity contribution in [3.63, 3.8) is 0 Å². The van der Waals surface area contributed by atoms with Gasteiger partial charge in [-0.25, -0.2) is 0 Å². The van der Waals surface area contributed by atoms with Crippen molar-refractivity contribution in [2.75, 3.05) is 13.6 Å². The van der Waals surface area contributed by atoms with Gasteiger partial charge in [-0.05, 0) is 13.6 Å². The lowest BCUT2D eigenvalue weighted by Crippen LogP contribution is -2.21. The van der Waals surface area contributed by atoms with Gasteiger partial charge in [0.1, 0.15) is 0 Å². The summed E-state index contributed by atoms with van der Waals surface area (Å²) >= 11 is 5.69. The van der Waals surface area contributed by atoms with Gasteiger partial charge in [-0.3, -0.25) is 9.58 Å². The number of rotatable bonds is 3. The molecule has 0 unspecified atom stereocenters. The van der Waals surface area contributed by atoms with Crippen molar-refractivity contribution in [3.8, 4) is 0 Å². The Morgan fingerprint density at radius 3 is 2.91 bits per heavy atom. The molecule has 3 nitrogen and oxygen atoms in total. The molecule has 4 heteroatoms. The molecular formula is C7H12ClN3. The topological polar surface area (TPSA) is 21.1 Å². The van der Waals surface area contributed by atoms with Crippen molar-refractivity contribution >= 4 is 11.6 Å². The van der Waals surface area contributed by atoms with E-state index in [4.69, 9.17) is 11.6 Å². The minimum atomic E-state index is 0.689. The number of hydrogen-bond acceptors (Lipinski definition) is 2. The van der Waals surface area contributed by atoms with E-state index in [1.165, 1.54) is 0 Å². The molecule has 62 valence electrons. The van der Waals surface area contributed by atoms with Crippen molar-refractivity contribution in [2.45, 2.75) is 13.6 Å². The van der Waals surface area contributed by atoms with Gasteiger partial charge in [-0.2, -0.15) is 5.10 Å². The summed E-state index contributed by atoms with van der Waals surface area (Å²) in [4.78, 5) is 2.14. The molecule has 1 heterocycles. The molecule has 0 aliphatic heterocycles. The Morgan fingerprint density at radius 1 is 1.73 bits per heavy atom. The summed E-state index contributed by atoms with van der Waals surface area (Å²) in [7, 11) is 2.04. The van der Waals surface area contributed by atoms with Crippen LogP contribution in [-0.4, -0.2) is 28.3 Å². The number of aromatic nitrogens is 2. The second kappa shape index (κ2) is 3.74. The SMILES string of the molecule is CCN(C)Cn1cc(Cl)cn1. The molecule has 0 radical (unpaired) electrons. The predicted molar refractivity (Wildman–Crippen MR) is 45.5 cm³/mol. The molecular weight excluding hydrogens is 162 g/mol. The molecule has 11 heavy (non-hydrogen) atoms. The van der Waals surface area contributed by atoms with E-state index in [1.807, 2.05) is 17.9 Å². The lowest BCUT2D eigenvalue weighted by Gasteiger charge is -2.12. The molecule has 0 saturated carbocycles. The molecule has 1 aromatic rings. The summed E-state index contributed by atoms with van der Waals surface area (Å²) in [5.41, 5.74) is 0. The van der Waals surface area contributed by atoms with E-state index in [0.717, 1.165) is 13.2 Å². The Balaban J connectivity index is 2.50. The van der Waals surface area contributed by atoms with E-state index in [-0.39, 0.29) is 0 Å². The summed E-state index contributed by atoms with van der Waals surface area (Å²) in [6.07, 6.45) is 3.46. The summed E-state index contributed by atoms with van der Waals surface area (Å²) in [6.45, 7) is 3.91. The molecule has 0 aliphatic rings. The van der Waals surface area contributed by atoms with Crippen LogP contribution in [0.15, 0.2) is 12.4 Å². The van der Waals surface area contributed by atoms with Gasteiger partial charge in [-0.15, -0.1) is 0 Å². The largest absolute Gasteiger partial charge is 0.288 e. The Hall–Kier alpha value is -0.540. The zero-order valence-electron chi connectivity index (χ0n) is 6.79. The second-order valence-corrected chi connectivity index (χ2v) is 2.95. The highest BCUT2D eigenvalue weighted by Crippen LogP contribution is 2.04. The van der Waals surface area contributed by atoms with E-state index < -0.39 is 0 Å². The van der Waals surface area contributed by atoms with Crippen molar-refractivity contribution in [2.24, 2.45) is 0 Å². The average molecular weight is 174 g/mol. The lowest BCUT2D eigenvalue weighted by atomic mass is 10.6. The molecule has 0 aromatic carbocycles. The van der Waals surface area contributed by atoms with Crippen molar-refractivity contribution in [1.29, 1.82) is 0 Å². The predicted octanol–water partition coefficient (Wildman–Crippen LogP) is 1.45. The third kappa shape index (κ3) is 2.52. The Kier molecular flexibility index (Phi) is 2.91. The number of nitrogens with zero attached hydrogens (tertiary/aromatic N) is 3. The van der Waals surface area contributed by atoms with Gasteiger partial charge in [0.25, 0.3) is 0 Å². The van der Waals surface area contributed by atoms with E-state index in [0.29, 0.717) is 5.02 Å². The van der Waals surface area contributed by atoms with Gasteiger partial charge < -0.3 is 0 Å². The van der Waals surface area contributed by atoms with Crippen LogP contribution >= 0.6 is 11.6 Å². The lowest BCUT2D eigenvalue weighted by molar-refractivity contribution is 0.267. The fourth-order valence-corrected chi connectivity index (χ4v) is 0.919. The summed E-state index contributed by atoms with van der Waals surface area (Å²) < 4.78 is 1.81. The van der Waals surface area contributed by atoms with E-state index >= 15 is 0 Å². The molecule has 1 aromatic heterocycles. The third-order valence-corrected chi connectivity index (χ3v) is 1.72. The summed E-state index contributed by atoms with van der Waals surface area (Å²) in [5, 5.41) is 4.74. The second-order valence-electron chi connectivity index (χ2n) is 2.51. The van der Waals surface area contributed by atoms with Crippen LogP contribution in [0.3, 0.4) is 0 Å². The zero-order chi connectivity index (χ0) is 8.27. The first-order valence-corrected chi connectivity index (χ1v) is 3.96. The van der Waals surface area contributed by atoms with E-state index in [1.54, 1.807) is 6.20 Å². The maximum absolute atomic E-state index is 5.69. The number of hydrogen-bond donors (Lipinski definition) is 0. The Labute approximate surface area is 71.6 Å². The highest BCUT2D eigenvalue weighted by Gasteiger charge is 1.97. The first kappa shape index (κ1) is 8.56. The fourth-order valence-electron chi connectivity index (χ4n) is 0.763. The van der Waals surface area contributed by atoms with E-state index in [9.17, 15) is 0 Å². The van der Waals surface area contributed by atoms with Crippen LogP contribution in [0.1, 0.15) is 6.92 Å². The molecule has 0 saturated heterocycles. The van der Waals surface area contributed by atoms with Crippen molar-refractivity contribution in [3.05, 3.63) is 17.4 Å². The molecule has 0 aliphatic carbocycles. The van der Waals surface area contributed by atoms with Gasteiger partial charge in [0.05, 0.1) is 17.9 Å². The van der Waals surface area contributed by atoms with Gasteiger partial charge in [0.15, 0.2) is 0 Å². The smallest absolute Gasteiger partial charge is 0.0926 e. The van der Waals surface area contributed by atoms with Gasteiger partial charge in [0, 0.05) is 6.20 Å². The van der Waals surface area contributed by atoms with Crippen molar-refractivity contribution < 1.29 is 0 Å². The van der Waals surface area contributed by atoms with Crippen LogP contribution in [0, 0.1) is 0 Å². The summed E-state index contributed by atoms with van der Waals surface area (Å²) in [5.74, 6) is 0. The maximum Gasteiger partial charge on any atom is 0.0926 e. The summed E-state index contributed by atoms with van der Waals surface area (Å²) in [6, 6.07) is 0.